The number of carbonyl (C=O) groups excluding carboxylic acids is 1. The van der Waals surface area contributed by atoms with Crippen molar-refractivity contribution in [2.75, 3.05) is 13.1 Å². The Balaban J connectivity index is 2.14. The van der Waals surface area contributed by atoms with Gasteiger partial charge in [-0.05, 0) is 49.9 Å². The molecule has 0 atom stereocenters. The van der Waals surface area contributed by atoms with E-state index in [-0.39, 0.29) is 11.8 Å². The molecule has 0 spiro atoms. The molecule has 0 saturated carbocycles. The molecule has 1 aromatic rings. The molecule has 0 unspecified atom stereocenters. The van der Waals surface area contributed by atoms with Crippen LogP contribution in [0.2, 0.25) is 0 Å². The van der Waals surface area contributed by atoms with Gasteiger partial charge in [0.2, 0.25) is 15.9 Å². The zero-order chi connectivity index (χ0) is 15.6. The summed E-state index contributed by atoms with van der Waals surface area (Å²) in [5.74, 6) is 4.68. The lowest BCUT2D eigenvalue weighted by atomic mass is 9.98. The topological polar surface area (TPSA) is 92.5 Å². The van der Waals surface area contributed by atoms with Crippen LogP contribution in [0, 0.1) is 19.8 Å². The van der Waals surface area contributed by atoms with Gasteiger partial charge in [-0.1, -0.05) is 6.07 Å². The second kappa shape index (κ2) is 6.13. The largest absolute Gasteiger partial charge is 0.294 e. The number of rotatable bonds is 3. The zero-order valence-corrected chi connectivity index (χ0v) is 13.1. The predicted octanol–water partition coefficient (Wildman–Crippen LogP) is 0.694. The lowest BCUT2D eigenvalue weighted by Gasteiger charge is -2.30. The van der Waals surface area contributed by atoms with Crippen LogP contribution in [0.25, 0.3) is 0 Å². The number of hydrazine groups is 1. The average molecular weight is 311 g/mol. The number of amides is 1. The summed E-state index contributed by atoms with van der Waals surface area (Å²) in [4.78, 5) is 11.8. The summed E-state index contributed by atoms with van der Waals surface area (Å²) in [6.45, 7) is 4.52. The van der Waals surface area contributed by atoms with Crippen molar-refractivity contribution in [2.45, 2.75) is 31.6 Å². The molecule has 0 aromatic heterocycles. The molecule has 6 nitrogen and oxygen atoms in total. The van der Waals surface area contributed by atoms with Gasteiger partial charge >= 0.3 is 0 Å². The van der Waals surface area contributed by atoms with Crippen molar-refractivity contribution in [3.8, 4) is 0 Å². The van der Waals surface area contributed by atoms with Gasteiger partial charge in [-0.2, -0.15) is 4.31 Å². The van der Waals surface area contributed by atoms with Gasteiger partial charge in [-0.15, -0.1) is 0 Å². The minimum Gasteiger partial charge on any atom is -0.294 e. The first-order valence-electron chi connectivity index (χ1n) is 6.94. The normalized spacial score (nSPS) is 17.7. The first-order valence-corrected chi connectivity index (χ1v) is 8.38. The molecule has 2 rings (SSSR count). The van der Waals surface area contributed by atoms with E-state index in [2.05, 4.69) is 5.43 Å². The van der Waals surface area contributed by atoms with Gasteiger partial charge in [0.25, 0.3) is 0 Å². The summed E-state index contributed by atoms with van der Waals surface area (Å²) in [5, 5.41) is 0. The highest BCUT2D eigenvalue weighted by Crippen LogP contribution is 2.25. The van der Waals surface area contributed by atoms with Crippen molar-refractivity contribution in [1.82, 2.24) is 9.73 Å². The van der Waals surface area contributed by atoms with E-state index in [1.807, 2.05) is 19.9 Å². The molecule has 1 aliphatic rings. The molecule has 1 heterocycles. The van der Waals surface area contributed by atoms with Crippen LogP contribution in [0.5, 0.6) is 0 Å². The Morgan fingerprint density at radius 2 is 1.86 bits per heavy atom. The summed E-state index contributed by atoms with van der Waals surface area (Å²) >= 11 is 0. The smallest absolute Gasteiger partial charge is 0.243 e. The molecule has 1 saturated heterocycles. The lowest BCUT2D eigenvalue weighted by molar-refractivity contribution is -0.126. The summed E-state index contributed by atoms with van der Waals surface area (Å²) in [7, 11) is -3.49. The number of piperidine rings is 1. The molecule has 1 aliphatic heterocycles. The van der Waals surface area contributed by atoms with Crippen LogP contribution in [0.4, 0.5) is 0 Å². The van der Waals surface area contributed by atoms with Crippen molar-refractivity contribution in [1.29, 1.82) is 0 Å². The van der Waals surface area contributed by atoms with Gasteiger partial charge in [0.05, 0.1) is 4.90 Å². The number of hydrogen-bond donors (Lipinski definition) is 2. The van der Waals surface area contributed by atoms with E-state index in [9.17, 15) is 13.2 Å². The number of sulfonamides is 1. The number of nitrogens with one attached hydrogen (secondary N) is 1. The zero-order valence-electron chi connectivity index (χ0n) is 12.3. The third-order valence-corrected chi connectivity index (χ3v) is 5.98. The first-order chi connectivity index (χ1) is 9.86. The molecule has 116 valence electrons. The molecule has 1 amide bonds. The minimum atomic E-state index is -3.49. The summed E-state index contributed by atoms with van der Waals surface area (Å²) < 4.78 is 26.6. The van der Waals surface area contributed by atoms with Gasteiger partial charge in [-0.3, -0.25) is 10.2 Å². The van der Waals surface area contributed by atoms with E-state index in [0.29, 0.717) is 30.8 Å². The van der Waals surface area contributed by atoms with Crippen molar-refractivity contribution in [3.05, 3.63) is 29.3 Å². The van der Waals surface area contributed by atoms with Crippen LogP contribution >= 0.6 is 0 Å². The Morgan fingerprint density at radius 3 is 2.38 bits per heavy atom. The Morgan fingerprint density at radius 1 is 1.24 bits per heavy atom. The number of hydrogen-bond acceptors (Lipinski definition) is 4. The summed E-state index contributed by atoms with van der Waals surface area (Å²) in [6.07, 6.45) is 0.986. The molecular formula is C14H21N3O3S. The highest BCUT2D eigenvalue weighted by molar-refractivity contribution is 7.89. The Labute approximate surface area is 125 Å². The molecule has 3 N–H and O–H groups in total. The Hall–Kier alpha value is -1.44. The highest BCUT2D eigenvalue weighted by Gasteiger charge is 2.31. The maximum absolute atomic E-state index is 12.6. The van der Waals surface area contributed by atoms with Crippen molar-refractivity contribution < 1.29 is 13.2 Å². The van der Waals surface area contributed by atoms with E-state index in [1.54, 1.807) is 12.1 Å². The van der Waals surface area contributed by atoms with Crippen LogP contribution in [0.3, 0.4) is 0 Å². The average Bonchev–Trinajstić information content (AvgIpc) is 2.49. The van der Waals surface area contributed by atoms with E-state index in [0.717, 1.165) is 11.1 Å². The van der Waals surface area contributed by atoms with Crippen LogP contribution in [0.1, 0.15) is 24.0 Å². The molecule has 0 aliphatic carbocycles. The quantitative estimate of drug-likeness (QED) is 0.488. The summed E-state index contributed by atoms with van der Waals surface area (Å²) in [5.41, 5.74) is 4.14. The number of benzene rings is 1. The highest BCUT2D eigenvalue weighted by atomic mass is 32.2. The van der Waals surface area contributed by atoms with Gasteiger partial charge in [0.1, 0.15) is 0 Å². The fourth-order valence-corrected chi connectivity index (χ4v) is 4.06. The SMILES string of the molecule is Cc1ccc(S(=O)(=O)N2CCC(C(=O)NN)CC2)cc1C. The Bertz CT molecular complexity index is 635. The molecule has 1 aromatic carbocycles. The van der Waals surface area contributed by atoms with Gasteiger partial charge in [0, 0.05) is 19.0 Å². The van der Waals surface area contributed by atoms with E-state index >= 15 is 0 Å². The van der Waals surface area contributed by atoms with Crippen LogP contribution < -0.4 is 11.3 Å². The number of aryl methyl sites for hydroxylation is 2. The van der Waals surface area contributed by atoms with Crippen LogP contribution in [-0.4, -0.2) is 31.7 Å². The third kappa shape index (κ3) is 3.25. The first kappa shape index (κ1) is 15.9. The third-order valence-electron chi connectivity index (χ3n) is 4.08. The van der Waals surface area contributed by atoms with E-state index in [1.165, 1.54) is 4.31 Å². The van der Waals surface area contributed by atoms with E-state index in [4.69, 9.17) is 5.84 Å². The molecule has 21 heavy (non-hydrogen) atoms. The van der Waals surface area contributed by atoms with Gasteiger partial charge < -0.3 is 0 Å². The lowest BCUT2D eigenvalue weighted by Crippen LogP contribution is -2.44. The molecule has 0 radical (unpaired) electrons. The second-order valence-corrected chi connectivity index (χ2v) is 7.37. The summed E-state index contributed by atoms with van der Waals surface area (Å²) in [6, 6.07) is 5.15. The fraction of sp³-hybridized carbons (Fsp3) is 0.500. The molecule has 0 bridgehead atoms. The van der Waals surface area contributed by atoms with Crippen LogP contribution in [0.15, 0.2) is 23.1 Å². The van der Waals surface area contributed by atoms with Gasteiger partial charge in [0.15, 0.2) is 0 Å². The predicted molar refractivity (Wildman–Crippen MR) is 79.7 cm³/mol. The van der Waals surface area contributed by atoms with Crippen molar-refractivity contribution >= 4 is 15.9 Å². The fourth-order valence-electron chi connectivity index (χ4n) is 2.50. The maximum Gasteiger partial charge on any atom is 0.243 e. The molecule has 1 fully saturated rings. The van der Waals surface area contributed by atoms with Gasteiger partial charge in [-0.25, -0.2) is 14.3 Å². The van der Waals surface area contributed by atoms with E-state index < -0.39 is 10.0 Å². The Kier molecular flexibility index (Phi) is 4.65. The number of nitrogens with two attached hydrogens (primary N) is 1. The molecule has 7 heteroatoms. The van der Waals surface area contributed by atoms with Crippen molar-refractivity contribution in [3.63, 3.8) is 0 Å². The maximum atomic E-state index is 12.6. The number of nitrogens with zero attached hydrogens (tertiary/aromatic N) is 1. The van der Waals surface area contributed by atoms with Crippen molar-refractivity contribution in [2.24, 2.45) is 11.8 Å². The second-order valence-electron chi connectivity index (χ2n) is 5.43. The standard InChI is InChI=1S/C14H21N3O3S/c1-10-3-4-13(9-11(10)2)21(19,20)17-7-5-12(6-8-17)14(18)16-15/h3-4,9,12H,5-8,15H2,1-2H3,(H,16,18). The monoisotopic (exact) mass is 311 g/mol. The van der Waals surface area contributed by atoms with Crippen LogP contribution in [-0.2, 0) is 14.8 Å². The molecular weight excluding hydrogens is 290 g/mol. The minimum absolute atomic E-state index is 0.207. The number of carbonyl (C=O) groups is 1.